The summed E-state index contributed by atoms with van der Waals surface area (Å²) in [5.41, 5.74) is 0.915. The average Bonchev–Trinajstić information content (AvgIpc) is 2.55. The van der Waals surface area contributed by atoms with Gasteiger partial charge < -0.3 is 20.7 Å². The number of rotatable bonds is 4. The number of nitrogens with one attached hydrogen (secondary N) is 3. The number of carbonyl (C=O) groups excluding carboxylic acids is 2. The van der Waals surface area contributed by atoms with Crippen molar-refractivity contribution in [1.29, 1.82) is 0 Å². The van der Waals surface area contributed by atoms with Crippen LogP contribution >= 0.6 is 0 Å². The van der Waals surface area contributed by atoms with Gasteiger partial charge in [0.25, 0.3) is 5.91 Å². The second-order valence-corrected chi connectivity index (χ2v) is 5.00. The number of carbonyl (C=O) groups is 2. The fraction of sp³-hybridized carbons (Fsp3) is 0.467. The van der Waals surface area contributed by atoms with Crippen LogP contribution in [0.25, 0.3) is 0 Å². The first-order valence-corrected chi connectivity index (χ1v) is 7.07. The number of piperidine rings is 1. The molecule has 2 amide bonds. The summed E-state index contributed by atoms with van der Waals surface area (Å²) in [6.07, 6.45) is 1.63. The van der Waals surface area contributed by atoms with E-state index in [0.29, 0.717) is 17.0 Å². The van der Waals surface area contributed by atoms with Crippen LogP contribution in [0.4, 0.5) is 5.69 Å². The standard InChI is InChI=1S/C15H21N3O3/c1-16-15(20)12-9-11(21-2)3-4-13(12)18-14(19)10-5-7-17-8-6-10/h3-4,9-10,17H,5-8H2,1-2H3,(H,16,20)(H,18,19). The van der Waals surface area contributed by atoms with Crippen LogP contribution in [0.1, 0.15) is 23.2 Å². The van der Waals surface area contributed by atoms with Gasteiger partial charge in [0, 0.05) is 13.0 Å². The molecule has 3 N–H and O–H groups in total. The van der Waals surface area contributed by atoms with Gasteiger partial charge in [-0.25, -0.2) is 0 Å². The van der Waals surface area contributed by atoms with E-state index in [4.69, 9.17) is 4.74 Å². The predicted molar refractivity (Wildman–Crippen MR) is 80.6 cm³/mol. The van der Waals surface area contributed by atoms with Gasteiger partial charge in [-0.1, -0.05) is 0 Å². The molecule has 2 rings (SSSR count). The van der Waals surface area contributed by atoms with Crippen LogP contribution in [0.15, 0.2) is 18.2 Å². The Morgan fingerprint density at radius 2 is 2.00 bits per heavy atom. The summed E-state index contributed by atoms with van der Waals surface area (Å²) in [4.78, 5) is 24.2. The third kappa shape index (κ3) is 3.72. The van der Waals surface area contributed by atoms with Crippen LogP contribution in [0.2, 0.25) is 0 Å². The highest BCUT2D eigenvalue weighted by Gasteiger charge is 2.22. The van der Waals surface area contributed by atoms with E-state index in [-0.39, 0.29) is 17.7 Å². The van der Waals surface area contributed by atoms with E-state index < -0.39 is 0 Å². The number of benzene rings is 1. The highest BCUT2D eigenvalue weighted by molar-refractivity contribution is 6.04. The molecule has 0 radical (unpaired) electrons. The van der Waals surface area contributed by atoms with Crippen molar-refractivity contribution in [1.82, 2.24) is 10.6 Å². The van der Waals surface area contributed by atoms with E-state index in [1.807, 2.05) is 0 Å². The minimum Gasteiger partial charge on any atom is -0.497 e. The fourth-order valence-corrected chi connectivity index (χ4v) is 2.40. The highest BCUT2D eigenvalue weighted by Crippen LogP contribution is 2.23. The molecule has 0 aromatic heterocycles. The van der Waals surface area contributed by atoms with Crippen molar-refractivity contribution in [3.8, 4) is 5.75 Å². The number of methoxy groups -OCH3 is 1. The topological polar surface area (TPSA) is 79.5 Å². The molecular weight excluding hydrogens is 270 g/mol. The van der Waals surface area contributed by atoms with Crippen molar-refractivity contribution in [2.24, 2.45) is 5.92 Å². The average molecular weight is 291 g/mol. The smallest absolute Gasteiger partial charge is 0.253 e. The van der Waals surface area contributed by atoms with E-state index in [1.165, 1.54) is 7.11 Å². The molecule has 1 aromatic rings. The second kappa shape index (κ2) is 7.08. The molecule has 0 saturated carbocycles. The summed E-state index contributed by atoms with van der Waals surface area (Å²) in [6.45, 7) is 1.70. The van der Waals surface area contributed by atoms with Crippen LogP contribution < -0.4 is 20.7 Å². The van der Waals surface area contributed by atoms with Crippen molar-refractivity contribution in [3.63, 3.8) is 0 Å². The number of hydrogen-bond acceptors (Lipinski definition) is 4. The molecule has 1 aromatic carbocycles. The summed E-state index contributed by atoms with van der Waals surface area (Å²) < 4.78 is 5.12. The first kappa shape index (κ1) is 15.3. The van der Waals surface area contributed by atoms with Gasteiger partial charge in [0.1, 0.15) is 5.75 Å². The molecule has 0 atom stereocenters. The summed E-state index contributed by atoms with van der Waals surface area (Å²) in [5, 5.41) is 8.66. The van der Waals surface area contributed by atoms with Gasteiger partial charge in [0.05, 0.1) is 18.4 Å². The molecule has 1 saturated heterocycles. The van der Waals surface area contributed by atoms with Gasteiger partial charge >= 0.3 is 0 Å². The number of hydrogen-bond donors (Lipinski definition) is 3. The molecule has 1 aliphatic rings. The largest absolute Gasteiger partial charge is 0.497 e. The Balaban J connectivity index is 2.18. The van der Waals surface area contributed by atoms with Crippen molar-refractivity contribution in [2.45, 2.75) is 12.8 Å². The van der Waals surface area contributed by atoms with Crippen LogP contribution in [0, 0.1) is 5.92 Å². The molecule has 1 heterocycles. The third-order valence-corrected chi connectivity index (χ3v) is 3.67. The molecule has 0 spiro atoms. The summed E-state index contributed by atoms with van der Waals surface area (Å²) >= 11 is 0. The maximum absolute atomic E-state index is 12.3. The van der Waals surface area contributed by atoms with E-state index in [0.717, 1.165) is 25.9 Å². The van der Waals surface area contributed by atoms with Crippen molar-refractivity contribution < 1.29 is 14.3 Å². The quantitative estimate of drug-likeness (QED) is 0.773. The summed E-state index contributed by atoms with van der Waals surface area (Å²) in [5.74, 6) is 0.278. The van der Waals surface area contributed by atoms with Crippen LogP contribution in [-0.2, 0) is 4.79 Å². The molecule has 6 heteroatoms. The first-order chi connectivity index (χ1) is 10.2. The van der Waals surface area contributed by atoms with E-state index in [2.05, 4.69) is 16.0 Å². The van der Waals surface area contributed by atoms with E-state index in [9.17, 15) is 9.59 Å². The zero-order valence-corrected chi connectivity index (χ0v) is 12.4. The number of amides is 2. The molecule has 21 heavy (non-hydrogen) atoms. The molecule has 1 fully saturated rings. The minimum absolute atomic E-state index is 0.00844. The Morgan fingerprint density at radius 1 is 1.29 bits per heavy atom. The van der Waals surface area contributed by atoms with Crippen LogP contribution in [0.3, 0.4) is 0 Å². The van der Waals surface area contributed by atoms with Gasteiger partial charge in [-0.2, -0.15) is 0 Å². The van der Waals surface area contributed by atoms with Gasteiger partial charge in [0.2, 0.25) is 5.91 Å². The normalized spacial score (nSPS) is 15.3. The maximum atomic E-state index is 12.3. The lowest BCUT2D eigenvalue weighted by molar-refractivity contribution is -0.120. The van der Waals surface area contributed by atoms with Crippen LogP contribution in [-0.4, -0.2) is 39.1 Å². The molecule has 6 nitrogen and oxygen atoms in total. The van der Waals surface area contributed by atoms with E-state index >= 15 is 0 Å². The maximum Gasteiger partial charge on any atom is 0.253 e. The molecule has 0 unspecified atom stereocenters. The fourth-order valence-electron chi connectivity index (χ4n) is 2.40. The van der Waals surface area contributed by atoms with Gasteiger partial charge in [-0.3, -0.25) is 9.59 Å². The Bertz CT molecular complexity index is 525. The second-order valence-electron chi connectivity index (χ2n) is 5.00. The van der Waals surface area contributed by atoms with Crippen molar-refractivity contribution in [2.75, 3.05) is 32.6 Å². The van der Waals surface area contributed by atoms with Gasteiger partial charge in [-0.05, 0) is 44.1 Å². The molecule has 1 aliphatic heterocycles. The lowest BCUT2D eigenvalue weighted by Crippen LogP contribution is -2.35. The molecular formula is C15H21N3O3. The number of ether oxygens (including phenoxy) is 1. The Kier molecular flexibility index (Phi) is 5.16. The van der Waals surface area contributed by atoms with Crippen LogP contribution in [0.5, 0.6) is 5.75 Å². The van der Waals surface area contributed by atoms with Gasteiger partial charge in [0.15, 0.2) is 0 Å². The zero-order valence-electron chi connectivity index (χ0n) is 12.4. The van der Waals surface area contributed by atoms with Crippen molar-refractivity contribution in [3.05, 3.63) is 23.8 Å². The van der Waals surface area contributed by atoms with Crippen molar-refractivity contribution >= 4 is 17.5 Å². The summed E-state index contributed by atoms with van der Waals surface area (Å²) in [7, 11) is 3.09. The number of anilines is 1. The predicted octanol–water partition coefficient (Wildman–Crippen LogP) is 0.993. The van der Waals surface area contributed by atoms with E-state index in [1.54, 1.807) is 25.2 Å². The SMILES string of the molecule is CNC(=O)c1cc(OC)ccc1NC(=O)C1CCNCC1. The minimum atomic E-state index is -0.255. The third-order valence-electron chi connectivity index (χ3n) is 3.67. The first-order valence-electron chi connectivity index (χ1n) is 7.07. The zero-order chi connectivity index (χ0) is 15.2. The Labute approximate surface area is 124 Å². The lowest BCUT2D eigenvalue weighted by atomic mass is 9.97. The Hall–Kier alpha value is -2.08. The lowest BCUT2D eigenvalue weighted by Gasteiger charge is -2.22. The Morgan fingerprint density at radius 3 is 2.62 bits per heavy atom. The molecule has 0 bridgehead atoms. The molecule has 0 aliphatic carbocycles. The highest BCUT2D eigenvalue weighted by atomic mass is 16.5. The molecule has 114 valence electrons. The van der Waals surface area contributed by atoms with Gasteiger partial charge in [-0.15, -0.1) is 0 Å². The monoisotopic (exact) mass is 291 g/mol. The summed E-state index contributed by atoms with van der Waals surface area (Å²) in [6, 6.07) is 5.05.